The van der Waals surface area contributed by atoms with Crippen LogP contribution < -0.4 is 5.32 Å². The average molecular weight is 237 g/mol. The molecule has 0 aliphatic rings. The van der Waals surface area contributed by atoms with Gasteiger partial charge in [0.25, 0.3) is 5.91 Å². The molecule has 0 aromatic heterocycles. The molecular weight excluding hydrogens is 218 g/mol. The molecule has 0 spiro atoms. The minimum Gasteiger partial charge on any atom is -0.507 e. The Bertz CT molecular complexity index is 404. The van der Waals surface area contributed by atoms with E-state index in [1.54, 1.807) is 18.2 Å². The Labute approximate surface area is 101 Å². The molecule has 1 aromatic rings. The normalized spacial score (nSPS) is 14.1. The molecule has 0 bridgehead atoms. The minimum atomic E-state index is -0.324. The van der Waals surface area contributed by atoms with Crippen LogP contribution in [-0.4, -0.2) is 28.8 Å². The van der Waals surface area contributed by atoms with Gasteiger partial charge in [-0.15, -0.1) is 0 Å². The number of carbonyl (C=O) groups is 1. The first-order valence-electron chi connectivity index (χ1n) is 5.67. The SMILES string of the molecule is Cc1ccc(C(=O)NC(C)C(C)CO)c(O)c1. The van der Waals surface area contributed by atoms with Crippen LogP contribution in [0.3, 0.4) is 0 Å². The van der Waals surface area contributed by atoms with E-state index in [2.05, 4.69) is 5.32 Å². The van der Waals surface area contributed by atoms with E-state index in [9.17, 15) is 9.90 Å². The first kappa shape index (κ1) is 13.5. The molecule has 1 rings (SSSR count). The summed E-state index contributed by atoms with van der Waals surface area (Å²) in [7, 11) is 0. The van der Waals surface area contributed by atoms with Gasteiger partial charge in [-0.3, -0.25) is 4.79 Å². The lowest BCUT2D eigenvalue weighted by Gasteiger charge is -2.19. The Hall–Kier alpha value is -1.55. The Morgan fingerprint density at radius 3 is 2.59 bits per heavy atom. The standard InChI is InChI=1S/C13H19NO3/c1-8-4-5-11(12(16)6-8)13(17)14-10(3)9(2)7-15/h4-6,9-10,15-16H,7H2,1-3H3,(H,14,17). The lowest BCUT2D eigenvalue weighted by Crippen LogP contribution is -2.38. The second-order valence-electron chi connectivity index (χ2n) is 4.44. The highest BCUT2D eigenvalue weighted by Crippen LogP contribution is 2.18. The number of hydrogen-bond acceptors (Lipinski definition) is 3. The van der Waals surface area contributed by atoms with Crippen LogP contribution in [0.1, 0.15) is 29.8 Å². The van der Waals surface area contributed by atoms with Crippen LogP contribution >= 0.6 is 0 Å². The van der Waals surface area contributed by atoms with E-state index in [-0.39, 0.29) is 35.8 Å². The predicted octanol–water partition coefficient (Wildman–Crippen LogP) is 1.45. The quantitative estimate of drug-likeness (QED) is 0.742. The van der Waals surface area contributed by atoms with E-state index in [0.29, 0.717) is 0 Å². The van der Waals surface area contributed by atoms with Gasteiger partial charge in [0, 0.05) is 12.6 Å². The summed E-state index contributed by atoms with van der Waals surface area (Å²) in [6.45, 7) is 5.53. The van der Waals surface area contributed by atoms with E-state index in [1.807, 2.05) is 20.8 Å². The van der Waals surface area contributed by atoms with Crippen molar-refractivity contribution < 1.29 is 15.0 Å². The van der Waals surface area contributed by atoms with Crippen LogP contribution in [-0.2, 0) is 0 Å². The van der Waals surface area contributed by atoms with Gasteiger partial charge in [-0.1, -0.05) is 13.0 Å². The molecule has 2 unspecified atom stereocenters. The van der Waals surface area contributed by atoms with Gasteiger partial charge in [-0.05, 0) is 37.5 Å². The van der Waals surface area contributed by atoms with Gasteiger partial charge in [0.2, 0.25) is 0 Å². The molecule has 1 amide bonds. The van der Waals surface area contributed by atoms with Gasteiger partial charge < -0.3 is 15.5 Å². The van der Waals surface area contributed by atoms with E-state index < -0.39 is 0 Å². The van der Waals surface area contributed by atoms with Gasteiger partial charge in [0.05, 0.1) is 5.56 Å². The van der Waals surface area contributed by atoms with Gasteiger partial charge in [0.15, 0.2) is 0 Å². The molecule has 0 heterocycles. The number of amides is 1. The zero-order valence-corrected chi connectivity index (χ0v) is 10.4. The maximum atomic E-state index is 11.9. The second-order valence-corrected chi connectivity index (χ2v) is 4.44. The molecule has 17 heavy (non-hydrogen) atoms. The molecule has 0 radical (unpaired) electrons. The number of carbonyl (C=O) groups excluding carboxylic acids is 1. The Kier molecular flexibility index (Phi) is 4.52. The molecule has 3 N–H and O–H groups in total. The Balaban J connectivity index is 2.76. The van der Waals surface area contributed by atoms with Crippen molar-refractivity contribution in [2.45, 2.75) is 26.8 Å². The second kappa shape index (κ2) is 5.68. The smallest absolute Gasteiger partial charge is 0.255 e. The summed E-state index contributed by atoms with van der Waals surface area (Å²) in [5.41, 5.74) is 1.16. The van der Waals surface area contributed by atoms with E-state index in [1.165, 1.54) is 0 Å². The van der Waals surface area contributed by atoms with Gasteiger partial charge >= 0.3 is 0 Å². The van der Waals surface area contributed by atoms with Crippen molar-refractivity contribution in [3.8, 4) is 5.75 Å². The van der Waals surface area contributed by atoms with Crippen molar-refractivity contribution in [3.05, 3.63) is 29.3 Å². The van der Waals surface area contributed by atoms with Crippen LogP contribution in [0.15, 0.2) is 18.2 Å². The summed E-state index contributed by atoms with van der Waals surface area (Å²) in [6, 6.07) is 4.77. The highest BCUT2D eigenvalue weighted by molar-refractivity contribution is 5.97. The fourth-order valence-corrected chi connectivity index (χ4v) is 1.42. The zero-order chi connectivity index (χ0) is 13.0. The predicted molar refractivity (Wildman–Crippen MR) is 66.0 cm³/mol. The molecule has 1 aromatic carbocycles. The average Bonchev–Trinajstić information content (AvgIpc) is 2.27. The minimum absolute atomic E-state index is 0.0152. The summed E-state index contributed by atoms with van der Waals surface area (Å²) < 4.78 is 0. The van der Waals surface area contributed by atoms with Crippen LogP contribution in [0.4, 0.5) is 0 Å². The fraction of sp³-hybridized carbons (Fsp3) is 0.462. The molecule has 4 heteroatoms. The summed E-state index contributed by atoms with van der Waals surface area (Å²) in [4.78, 5) is 11.9. The number of rotatable bonds is 4. The number of nitrogens with one attached hydrogen (secondary N) is 1. The number of hydrogen-bond donors (Lipinski definition) is 3. The lowest BCUT2D eigenvalue weighted by molar-refractivity contribution is 0.0913. The topological polar surface area (TPSA) is 69.6 Å². The monoisotopic (exact) mass is 237 g/mol. The Morgan fingerprint density at radius 2 is 2.06 bits per heavy atom. The number of aliphatic hydroxyl groups is 1. The molecule has 0 aliphatic carbocycles. The molecule has 94 valence electrons. The third-order valence-electron chi connectivity index (χ3n) is 2.90. The van der Waals surface area contributed by atoms with E-state index >= 15 is 0 Å². The van der Waals surface area contributed by atoms with Crippen molar-refractivity contribution in [3.63, 3.8) is 0 Å². The van der Waals surface area contributed by atoms with Crippen molar-refractivity contribution in [2.75, 3.05) is 6.61 Å². The summed E-state index contributed by atoms with van der Waals surface area (Å²) in [5, 5.41) is 21.4. The molecule has 4 nitrogen and oxygen atoms in total. The van der Waals surface area contributed by atoms with Crippen molar-refractivity contribution in [2.24, 2.45) is 5.92 Å². The van der Waals surface area contributed by atoms with Gasteiger partial charge in [-0.25, -0.2) is 0 Å². The third-order valence-corrected chi connectivity index (χ3v) is 2.90. The van der Waals surface area contributed by atoms with E-state index in [0.717, 1.165) is 5.56 Å². The fourth-order valence-electron chi connectivity index (χ4n) is 1.42. The summed E-state index contributed by atoms with van der Waals surface area (Å²) in [6.07, 6.45) is 0. The van der Waals surface area contributed by atoms with Crippen molar-refractivity contribution >= 4 is 5.91 Å². The molecular formula is C13H19NO3. The molecule has 0 aliphatic heterocycles. The number of aromatic hydroxyl groups is 1. The van der Waals surface area contributed by atoms with Gasteiger partial charge in [-0.2, -0.15) is 0 Å². The number of aliphatic hydroxyl groups excluding tert-OH is 1. The summed E-state index contributed by atoms with van der Waals surface area (Å²) in [5.74, 6) is -0.367. The molecule has 2 atom stereocenters. The molecule has 0 saturated heterocycles. The maximum Gasteiger partial charge on any atom is 0.255 e. The first-order chi connectivity index (χ1) is 7.95. The van der Waals surface area contributed by atoms with Crippen LogP contribution in [0.25, 0.3) is 0 Å². The molecule has 0 fully saturated rings. The highest BCUT2D eigenvalue weighted by atomic mass is 16.3. The lowest BCUT2D eigenvalue weighted by atomic mass is 10.0. The van der Waals surface area contributed by atoms with Crippen molar-refractivity contribution in [1.82, 2.24) is 5.32 Å². The maximum absolute atomic E-state index is 11.9. The number of benzene rings is 1. The van der Waals surface area contributed by atoms with Crippen LogP contribution in [0, 0.1) is 12.8 Å². The molecule has 0 saturated carbocycles. The number of phenols is 1. The van der Waals surface area contributed by atoms with E-state index in [4.69, 9.17) is 5.11 Å². The Morgan fingerprint density at radius 1 is 1.41 bits per heavy atom. The van der Waals surface area contributed by atoms with Gasteiger partial charge in [0.1, 0.15) is 5.75 Å². The van der Waals surface area contributed by atoms with Crippen LogP contribution in [0.2, 0.25) is 0 Å². The third kappa shape index (κ3) is 3.46. The largest absolute Gasteiger partial charge is 0.507 e. The number of aryl methyl sites for hydroxylation is 1. The first-order valence-corrected chi connectivity index (χ1v) is 5.67. The van der Waals surface area contributed by atoms with Crippen LogP contribution in [0.5, 0.6) is 5.75 Å². The number of phenolic OH excluding ortho intramolecular Hbond substituents is 1. The summed E-state index contributed by atoms with van der Waals surface area (Å²) >= 11 is 0. The highest BCUT2D eigenvalue weighted by Gasteiger charge is 2.17. The zero-order valence-electron chi connectivity index (χ0n) is 10.4. The van der Waals surface area contributed by atoms with Crippen molar-refractivity contribution in [1.29, 1.82) is 0 Å².